The van der Waals surface area contributed by atoms with Gasteiger partial charge in [0.2, 0.25) is 5.95 Å². The molecule has 0 bridgehead atoms. The van der Waals surface area contributed by atoms with Gasteiger partial charge >= 0.3 is 0 Å². The third-order valence-electron chi connectivity index (χ3n) is 4.80. The number of halogens is 2. The molecule has 3 heterocycles. The normalized spacial score (nSPS) is 16.0. The van der Waals surface area contributed by atoms with Crippen LogP contribution in [0.2, 0.25) is 0 Å². The summed E-state index contributed by atoms with van der Waals surface area (Å²) in [6.45, 7) is 4.91. The lowest BCUT2D eigenvalue weighted by molar-refractivity contribution is 0.240. The monoisotopic (exact) mass is 341 g/mol. The minimum absolute atomic E-state index is 0.0593. The van der Waals surface area contributed by atoms with Crippen LogP contribution in [-0.2, 0) is 13.0 Å². The molecule has 0 saturated carbocycles. The van der Waals surface area contributed by atoms with Crippen molar-refractivity contribution in [2.45, 2.75) is 33.2 Å². The lowest BCUT2D eigenvalue weighted by Gasteiger charge is -2.31. The lowest BCUT2D eigenvalue weighted by atomic mass is 9.85. The van der Waals surface area contributed by atoms with E-state index in [4.69, 9.17) is 0 Å². The Labute approximate surface area is 143 Å². The van der Waals surface area contributed by atoms with Gasteiger partial charge in [0.05, 0.1) is 10.9 Å². The van der Waals surface area contributed by atoms with Crippen LogP contribution in [0, 0.1) is 17.2 Å². The van der Waals surface area contributed by atoms with Crippen LogP contribution in [0.4, 0.5) is 8.78 Å². The number of benzene rings is 1. The molecule has 4 rings (SSSR count). The van der Waals surface area contributed by atoms with Crippen LogP contribution in [0.3, 0.4) is 0 Å². The molecule has 0 saturated heterocycles. The molecule has 0 spiro atoms. The Kier molecular flexibility index (Phi) is 3.45. The number of nitrogens with zero attached hydrogens (tertiary/aromatic N) is 3. The molecule has 0 radical (unpaired) electrons. The Balaban J connectivity index is 1.91. The van der Waals surface area contributed by atoms with Crippen LogP contribution in [0.25, 0.3) is 22.0 Å². The van der Waals surface area contributed by atoms with Crippen LogP contribution in [-0.4, -0.2) is 14.5 Å². The van der Waals surface area contributed by atoms with Crippen molar-refractivity contribution in [2.75, 3.05) is 0 Å². The highest BCUT2D eigenvalue weighted by Gasteiger charge is 2.27. The number of rotatable bonds is 1. The van der Waals surface area contributed by atoms with Crippen LogP contribution >= 0.6 is 0 Å². The zero-order valence-corrected chi connectivity index (χ0v) is 14.0. The Morgan fingerprint density at radius 2 is 2.00 bits per heavy atom. The van der Waals surface area contributed by atoms with E-state index in [9.17, 15) is 13.6 Å². The summed E-state index contributed by atoms with van der Waals surface area (Å²) in [6, 6.07) is 6.29. The summed E-state index contributed by atoms with van der Waals surface area (Å²) >= 11 is 0. The Morgan fingerprint density at radius 3 is 2.80 bits per heavy atom. The first-order valence-electron chi connectivity index (χ1n) is 8.20. The van der Waals surface area contributed by atoms with E-state index in [-0.39, 0.29) is 16.5 Å². The number of fused-ring (bicyclic) bond motifs is 2. The van der Waals surface area contributed by atoms with Crippen molar-refractivity contribution in [3.8, 4) is 11.1 Å². The highest BCUT2D eigenvalue weighted by Crippen LogP contribution is 2.30. The summed E-state index contributed by atoms with van der Waals surface area (Å²) in [5.74, 6) is -1.40. The highest BCUT2D eigenvalue weighted by atomic mass is 19.2. The van der Waals surface area contributed by atoms with Crippen molar-refractivity contribution < 1.29 is 8.78 Å². The van der Waals surface area contributed by atoms with E-state index in [1.165, 1.54) is 12.3 Å². The van der Waals surface area contributed by atoms with Gasteiger partial charge in [-0.2, -0.15) is 4.39 Å². The first-order valence-corrected chi connectivity index (χ1v) is 8.20. The molecule has 0 N–H and O–H groups in total. The highest BCUT2D eigenvalue weighted by molar-refractivity contribution is 5.83. The summed E-state index contributed by atoms with van der Waals surface area (Å²) in [5, 5.41) is 0.486. The summed E-state index contributed by atoms with van der Waals surface area (Å²) in [7, 11) is 0. The fraction of sp³-hybridized carbons (Fsp3) is 0.316. The quantitative estimate of drug-likeness (QED) is 0.634. The standard InChI is InChI=1S/C19H17F2N3O/c1-19(2)7-5-15-23-14-9-11(12-6-8-22-17(21)16(12)20)3-4-13(14)18(25)24(15)10-19/h3-4,6,8-9H,5,7,10H2,1-2H3. The number of pyridine rings is 1. The molecule has 1 aliphatic heterocycles. The first kappa shape index (κ1) is 15.9. The van der Waals surface area contributed by atoms with E-state index in [1.54, 1.807) is 22.8 Å². The molecule has 0 aliphatic carbocycles. The maximum atomic E-state index is 14.0. The fourth-order valence-electron chi connectivity index (χ4n) is 3.39. The minimum atomic E-state index is -1.14. The molecule has 0 atom stereocenters. The van der Waals surface area contributed by atoms with E-state index in [2.05, 4.69) is 23.8 Å². The van der Waals surface area contributed by atoms with Crippen molar-refractivity contribution in [1.82, 2.24) is 14.5 Å². The molecule has 4 nitrogen and oxygen atoms in total. The molecule has 25 heavy (non-hydrogen) atoms. The number of hydrogen-bond donors (Lipinski definition) is 0. The van der Waals surface area contributed by atoms with E-state index in [0.717, 1.165) is 18.7 Å². The molecule has 2 aromatic heterocycles. The van der Waals surface area contributed by atoms with E-state index >= 15 is 0 Å². The molecule has 0 unspecified atom stereocenters. The molecular weight excluding hydrogens is 324 g/mol. The fourth-order valence-corrected chi connectivity index (χ4v) is 3.39. The zero-order valence-electron chi connectivity index (χ0n) is 14.0. The number of aryl methyl sites for hydroxylation is 1. The Bertz CT molecular complexity index is 1060. The van der Waals surface area contributed by atoms with Gasteiger partial charge in [0.15, 0.2) is 5.82 Å². The van der Waals surface area contributed by atoms with Crippen molar-refractivity contribution >= 4 is 10.9 Å². The number of hydrogen-bond acceptors (Lipinski definition) is 3. The van der Waals surface area contributed by atoms with E-state index in [1.807, 2.05) is 0 Å². The van der Waals surface area contributed by atoms with Crippen LogP contribution in [0.15, 0.2) is 35.3 Å². The maximum absolute atomic E-state index is 14.0. The van der Waals surface area contributed by atoms with Crippen LogP contribution in [0.1, 0.15) is 26.1 Å². The Morgan fingerprint density at radius 1 is 1.20 bits per heavy atom. The second kappa shape index (κ2) is 5.44. The first-order chi connectivity index (χ1) is 11.9. The lowest BCUT2D eigenvalue weighted by Crippen LogP contribution is -2.36. The van der Waals surface area contributed by atoms with Gasteiger partial charge in [-0.25, -0.2) is 14.4 Å². The molecule has 6 heteroatoms. The summed E-state index contributed by atoms with van der Waals surface area (Å²) in [6.07, 6.45) is 2.89. The molecule has 3 aromatic rings. The van der Waals surface area contributed by atoms with Gasteiger partial charge in [-0.05, 0) is 35.6 Å². The van der Waals surface area contributed by atoms with Crippen LogP contribution in [0.5, 0.6) is 0 Å². The van der Waals surface area contributed by atoms with Gasteiger partial charge in [-0.1, -0.05) is 19.9 Å². The van der Waals surface area contributed by atoms with Gasteiger partial charge < -0.3 is 0 Å². The molecular formula is C19H17F2N3O. The van der Waals surface area contributed by atoms with E-state index in [0.29, 0.717) is 23.0 Å². The average molecular weight is 341 g/mol. The predicted octanol–water partition coefficient (Wildman–Crippen LogP) is 3.71. The second-order valence-corrected chi connectivity index (χ2v) is 7.28. The van der Waals surface area contributed by atoms with E-state index < -0.39 is 11.8 Å². The minimum Gasteiger partial charge on any atom is -0.296 e. The zero-order chi connectivity index (χ0) is 17.8. The average Bonchev–Trinajstić information content (AvgIpc) is 2.57. The SMILES string of the molecule is CC1(C)CCc2nc3cc(-c4ccnc(F)c4F)ccc3c(=O)n2C1. The predicted molar refractivity (Wildman–Crippen MR) is 91.3 cm³/mol. The van der Waals surface area contributed by atoms with Crippen molar-refractivity contribution in [3.05, 3.63) is 58.4 Å². The van der Waals surface area contributed by atoms with Gasteiger partial charge in [0.1, 0.15) is 5.82 Å². The third-order valence-corrected chi connectivity index (χ3v) is 4.80. The van der Waals surface area contributed by atoms with Crippen LogP contribution < -0.4 is 5.56 Å². The van der Waals surface area contributed by atoms with Gasteiger partial charge in [0.25, 0.3) is 5.56 Å². The smallest absolute Gasteiger partial charge is 0.261 e. The Hall–Kier alpha value is -2.63. The van der Waals surface area contributed by atoms with Gasteiger partial charge in [-0.3, -0.25) is 9.36 Å². The summed E-state index contributed by atoms with van der Waals surface area (Å²) < 4.78 is 29.1. The number of aromatic nitrogens is 3. The summed E-state index contributed by atoms with van der Waals surface area (Å²) in [5.41, 5.74) is 1.06. The van der Waals surface area contributed by atoms with Gasteiger partial charge in [-0.15, -0.1) is 0 Å². The third kappa shape index (κ3) is 2.62. The molecule has 1 aromatic carbocycles. The summed E-state index contributed by atoms with van der Waals surface area (Å²) in [4.78, 5) is 20.7. The molecule has 0 amide bonds. The van der Waals surface area contributed by atoms with Crippen molar-refractivity contribution in [2.24, 2.45) is 5.41 Å². The molecule has 0 fully saturated rings. The maximum Gasteiger partial charge on any atom is 0.261 e. The molecule has 1 aliphatic rings. The van der Waals surface area contributed by atoms with Crippen molar-refractivity contribution in [1.29, 1.82) is 0 Å². The topological polar surface area (TPSA) is 47.8 Å². The molecule has 128 valence electrons. The second-order valence-electron chi connectivity index (χ2n) is 7.28. The van der Waals surface area contributed by atoms with Crippen molar-refractivity contribution in [3.63, 3.8) is 0 Å². The van der Waals surface area contributed by atoms with Gasteiger partial charge in [0, 0.05) is 24.7 Å². The largest absolute Gasteiger partial charge is 0.296 e.